The minimum Gasteiger partial charge on any atom is -0.472 e. The molecular weight excluding hydrogens is 254 g/mol. The molecule has 0 bridgehead atoms. The van der Waals surface area contributed by atoms with Gasteiger partial charge < -0.3 is 15.2 Å². The molecule has 0 amide bonds. The summed E-state index contributed by atoms with van der Waals surface area (Å²) in [6.07, 6.45) is -0.390. The Morgan fingerprint density at radius 3 is 2.74 bits per heavy atom. The zero-order valence-corrected chi connectivity index (χ0v) is 11.0. The standard InChI is InChI=1S/C10H17N5O4/c1-6-8(14-18-12-6)16-4-10(3,11)5-17-9-7(2)13-19-15-9/h8,14H,4-5,11H2,1-3H3/t8-,10+/m1/s1. The van der Waals surface area contributed by atoms with Crippen LogP contribution in [0.25, 0.3) is 0 Å². The van der Waals surface area contributed by atoms with E-state index in [0.29, 0.717) is 17.3 Å². The molecule has 0 saturated carbocycles. The Bertz CT molecular complexity index is 459. The van der Waals surface area contributed by atoms with E-state index in [-0.39, 0.29) is 13.2 Å². The van der Waals surface area contributed by atoms with Gasteiger partial charge in [0, 0.05) is 0 Å². The fourth-order valence-corrected chi connectivity index (χ4v) is 1.34. The van der Waals surface area contributed by atoms with E-state index in [1.54, 1.807) is 20.8 Å². The van der Waals surface area contributed by atoms with Crippen LogP contribution >= 0.6 is 0 Å². The molecular formula is C10H17N5O4. The van der Waals surface area contributed by atoms with Crippen molar-refractivity contribution in [3.8, 4) is 5.88 Å². The van der Waals surface area contributed by atoms with Crippen molar-refractivity contribution < 1.29 is 19.0 Å². The normalized spacial score (nSPS) is 21.7. The number of aryl methyl sites for hydroxylation is 1. The van der Waals surface area contributed by atoms with Crippen molar-refractivity contribution in [1.29, 1.82) is 0 Å². The number of nitrogens with two attached hydrogens (primary N) is 1. The minimum absolute atomic E-state index is 0.214. The first-order valence-electron chi connectivity index (χ1n) is 5.76. The molecule has 0 saturated heterocycles. The molecule has 0 aliphatic carbocycles. The molecule has 0 spiro atoms. The van der Waals surface area contributed by atoms with E-state index >= 15 is 0 Å². The molecule has 2 rings (SSSR count). The molecule has 2 atom stereocenters. The Hall–Kier alpha value is -1.71. The number of aromatic nitrogens is 2. The smallest absolute Gasteiger partial charge is 0.278 e. The molecule has 0 radical (unpaired) electrons. The Morgan fingerprint density at radius 2 is 2.16 bits per heavy atom. The second kappa shape index (κ2) is 5.51. The van der Waals surface area contributed by atoms with Crippen LogP contribution < -0.4 is 16.0 Å². The number of ether oxygens (including phenoxy) is 2. The van der Waals surface area contributed by atoms with E-state index in [4.69, 9.17) is 15.2 Å². The van der Waals surface area contributed by atoms with E-state index in [1.807, 2.05) is 0 Å². The van der Waals surface area contributed by atoms with Crippen molar-refractivity contribution in [3.05, 3.63) is 5.69 Å². The predicted molar refractivity (Wildman–Crippen MR) is 64.2 cm³/mol. The van der Waals surface area contributed by atoms with Gasteiger partial charge in [0.05, 0.1) is 12.1 Å². The third kappa shape index (κ3) is 3.63. The third-order valence-electron chi connectivity index (χ3n) is 2.46. The van der Waals surface area contributed by atoms with Gasteiger partial charge >= 0.3 is 0 Å². The van der Waals surface area contributed by atoms with Gasteiger partial charge in [-0.1, -0.05) is 15.8 Å². The van der Waals surface area contributed by atoms with Crippen molar-refractivity contribution in [1.82, 2.24) is 15.8 Å². The lowest BCUT2D eigenvalue weighted by molar-refractivity contribution is -0.0479. The molecule has 0 unspecified atom stereocenters. The number of hydrogen-bond donors (Lipinski definition) is 2. The molecule has 19 heavy (non-hydrogen) atoms. The van der Waals surface area contributed by atoms with E-state index in [2.05, 4.69) is 30.5 Å². The van der Waals surface area contributed by atoms with Crippen LogP contribution in [0.5, 0.6) is 5.88 Å². The summed E-state index contributed by atoms with van der Waals surface area (Å²) in [6, 6.07) is 0. The summed E-state index contributed by atoms with van der Waals surface area (Å²) in [5, 5.41) is 10.9. The van der Waals surface area contributed by atoms with Gasteiger partial charge in [0.2, 0.25) is 0 Å². The number of rotatable bonds is 6. The van der Waals surface area contributed by atoms with Crippen LogP contribution in [0.1, 0.15) is 19.5 Å². The fourth-order valence-electron chi connectivity index (χ4n) is 1.34. The number of nitrogens with one attached hydrogen (secondary N) is 1. The van der Waals surface area contributed by atoms with E-state index in [0.717, 1.165) is 0 Å². The minimum atomic E-state index is -0.698. The lowest BCUT2D eigenvalue weighted by atomic mass is 10.1. The molecule has 1 aromatic rings. The molecule has 9 heteroatoms. The maximum absolute atomic E-state index is 6.07. The largest absolute Gasteiger partial charge is 0.472 e. The Morgan fingerprint density at radius 1 is 1.37 bits per heavy atom. The number of hydrogen-bond acceptors (Lipinski definition) is 9. The lowest BCUT2D eigenvalue weighted by Crippen LogP contribution is -2.49. The van der Waals surface area contributed by atoms with Crippen molar-refractivity contribution in [2.45, 2.75) is 32.5 Å². The topological polar surface area (TPSA) is 117 Å². The third-order valence-corrected chi connectivity index (χ3v) is 2.46. The van der Waals surface area contributed by atoms with E-state index in [1.165, 1.54) is 0 Å². The van der Waals surface area contributed by atoms with Crippen molar-refractivity contribution in [2.24, 2.45) is 10.9 Å². The number of hydroxylamine groups is 1. The van der Waals surface area contributed by atoms with Gasteiger partial charge in [0.1, 0.15) is 18.0 Å². The summed E-state index contributed by atoms with van der Waals surface area (Å²) in [5.74, 6) is 0.330. The van der Waals surface area contributed by atoms with Crippen LogP contribution in [0.3, 0.4) is 0 Å². The summed E-state index contributed by atoms with van der Waals surface area (Å²) >= 11 is 0. The molecule has 106 valence electrons. The molecule has 9 nitrogen and oxygen atoms in total. The Balaban J connectivity index is 1.78. The maximum atomic E-state index is 6.07. The number of nitrogens with zero attached hydrogens (tertiary/aromatic N) is 3. The quantitative estimate of drug-likeness (QED) is 0.726. The highest BCUT2D eigenvalue weighted by molar-refractivity contribution is 5.86. The maximum Gasteiger partial charge on any atom is 0.278 e. The van der Waals surface area contributed by atoms with Crippen molar-refractivity contribution >= 4 is 5.71 Å². The van der Waals surface area contributed by atoms with Gasteiger partial charge in [-0.15, -0.1) is 0 Å². The Labute approximate surface area is 110 Å². The highest BCUT2D eigenvalue weighted by Crippen LogP contribution is 2.13. The first-order chi connectivity index (χ1) is 8.98. The molecule has 1 aliphatic heterocycles. The van der Waals surface area contributed by atoms with Crippen LogP contribution in [0.15, 0.2) is 9.78 Å². The summed E-state index contributed by atoms with van der Waals surface area (Å²) in [7, 11) is 0. The van der Waals surface area contributed by atoms with Crippen LogP contribution in [-0.2, 0) is 9.68 Å². The first-order valence-corrected chi connectivity index (χ1v) is 5.76. The Kier molecular flexibility index (Phi) is 3.98. The number of oxime groups is 1. The van der Waals surface area contributed by atoms with Gasteiger partial charge in [-0.3, -0.25) is 4.94 Å². The average molecular weight is 271 g/mol. The molecule has 1 aliphatic rings. The summed E-state index contributed by atoms with van der Waals surface area (Å²) in [4.78, 5) is 4.68. The molecule has 2 heterocycles. The van der Waals surface area contributed by atoms with Crippen LogP contribution in [0, 0.1) is 6.92 Å². The molecule has 3 N–H and O–H groups in total. The first kappa shape index (κ1) is 13.7. The van der Waals surface area contributed by atoms with Gasteiger partial charge in [0.25, 0.3) is 5.88 Å². The zero-order valence-electron chi connectivity index (χ0n) is 11.0. The van der Waals surface area contributed by atoms with Gasteiger partial charge in [-0.2, -0.15) is 0 Å². The SMILES string of the molecule is CC1=NON[C@@H]1OC[C@](C)(N)COc1nonc1C. The van der Waals surface area contributed by atoms with Gasteiger partial charge in [-0.05, 0) is 25.9 Å². The van der Waals surface area contributed by atoms with Crippen LogP contribution in [0.4, 0.5) is 0 Å². The zero-order chi connectivity index (χ0) is 13.9. The fraction of sp³-hybridized carbons (Fsp3) is 0.700. The van der Waals surface area contributed by atoms with Crippen LogP contribution in [0.2, 0.25) is 0 Å². The second-order valence-corrected chi connectivity index (χ2v) is 4.73. The van der Waals surface area contributed by atoms with Crippen molar-refractivity contribution in [3.63, 3.8) is 0 Å². The van der Waals surface area contributed by atoms with Crippen molar-refractivity contribution in [2.75, 3.05) is 13.2 Å². The van der Waals surface area contributed by atoms with Gasteiger partial charge in [0.15, 0.2) is 6.23 Å². The predicted octanol–water partition coefficient (Wildman–Crippen LogP) is -0.272. The van der Waals surface area contributed by atoms with Crippen LogP contribution in [-0.4, -0.2) is 41.0 Å². The van der Waals surface area contributed by atoms with Gasteiger partial charge in [-0.25, -0.2) is 4.63 Å². The highest BCUT2D eigenvalue weighted by atomic mass is 16.8. The summed E-state index contributed by atoms with van der Waals surface area (Å²) in [6.45, 7) is 5.80. The second-order valence-electron chi connectivity index (χ2n) is 4.73. The summed E-state index contributed by atoms with van der Waals surface area (Å²) < 4.78 is 15.5. The molecule has 1 aromatic heterocycles. The lowest BCUT2D eigenvalue weighted by Gasteiger charge is -2.25. The average Bonchev–Trinajstić information content (AvgIpc) is 2.93. The highest BCUT2D eigenvalue weighted by Gasteiger charge is 2.26. The monoisotopic (exact) mass is 271 g/mol. The summed E-state index contributed by atoms with van der Waals surface area (Å²) in [5.41, 5.74) is 9.25. The van der Waals surface area contributed by atoms with E-state index in [9.17, 15) is 0 Å². The molecule has 0 aromatic carbocycles. The molecule has 0 fully saturated rings. The van der Waals surface area contributed by atoms with E-state index < -0.39 is 11.8 Å².